The molecule has 1 amide bonds. The highest BCUT2D eigenvalue weighted by atomic mass is 16.5. The lowest BCUT2D eigenvalue weighted by atomic mass is 10.2. The van der Waals surface area contributed by atoms with Crippen LogP contribution in [-0.2, 0) is 4.74 Å². The second-order valence-electron chi connectivity index (χ2n) is 3.59. The van der Waals surface area contributed by atoms with Crippen molar-refractivity contribution in [2.75, 3.05) is 27.4 Å². The highest BCUT2D eigenvalue weighted by Crippen LogP contribution is 2.12. The van der Waals surface area contributed by atoms with E-state index in [9.17, 15) is 4.79 Å². The number of nitrogens with two attached hydrogens (primary N) is 1. The molecular weight excluding hydrogens is 220 g/mol. The lowest BCUT2D eigenvalue weighted by Crippen LogP contribution is -2.43. The molecule has 5 nitrogen and oxygen atoms in total. The van der Waals surface area contributed by atoms with Crippen LogP contribution in [0.2, 0.25) is 0 Å². The SMILES string of the molecule is COCC(CN)NC(=O)c1cccc(OC)c1. The molecule has 0 saturated carbocycles. The zero-order chi connectivity index (χ0) is 12.7. The van der Waals surface area contributed by atoms with E-state index in [1.54, 1.807) is 38.5 Å². The number of ether oxygens (including phenoxy) is 2. The monoisotopic (exact) mass is 238 g/mol. The fourth-order valence-electron chi connectivity index (χ4n) is 1.40. The zero-order valence-electron chi connectivity index (χ0n) is 10.1. The van der Waals surface area contributed by atoms with Crippen molar-refractivity contribution in [1.29, 1.82) is 0 Å². The maximum absolute atomic E-state index is 11.9. The van der Waals surface area contributed by atoms with Gasteiger partial charge in [-0.05, 0) is 18.2 Å². The van der Waals surface area contributed by atoms with E-state index < -0.39 is 0 Å². The highest BCUT2D eigenvalue weighted by molar-refractivity contribution is 5.94. The smallest absolute Gasteiger partial charge is 0.251 e. The number of nitrogens with one attached hydrogen (secondary N) is 1. The number of hydrogen-bond donors (Lipinski definition) is 2. The van der Waals surface area contributed by atoms with Crippen molar-refractivity contribution in [3.05, 3.63) is 29.8 Å². The zero-order valence-corrected chi connectivity index (χ0v) is 10.1. The van der Waals surface area contributed by atoms with Gasteiger partial charge in [-0.1, -0.05) is 6.07 Å². The summed E-state index contributed by atoms with van der Waals surface area (Å²) in [5, 5.41) is 2.79. The molecular formula is C12H18N2O3. The van der Waals surface area contributed by atoms with Crippen LogP contribution in [0, 0.1) is 0 Å². The molecule has 0 aliphatic heterocycles. The Labute approximate surface area is 101 Å². The minimum absolute atomic E-state index is 0.182. The molecule has 0 aliphatic carbocycles. The summed E-state index contributed by atoms with van der Waals surface area (Å²) >= 11 is 0. The van der Waals surface area contributed by atoms with Gasteiger partial charge in [0, 0.05) is 19.2 Å². The van der Waals surface area contributed by atoms with Crippen LogP contribution in [0.15, 0.2) is 24.3 Å². The molecule has 1 atom stereocenters. The Morgan fingerprint density at radius 1 is 1.47 bits per heavy atom. The first-order valence-electron chi connectivity index (χ1n) is 5.35. The molecule has 0 saturated heterocycles. The van der Waals surface area contributed by atoms with Crippen molar-refractivity contribution in [1.82, 2.24) is 5.32 Å². The number of hydrogen-bond acceptors (Lipinski definition) is 4. The summed E-state index contributed by atoms with van der Waals surface area (Å²) in [5.41, 5.74) is 6.06. The average molecular weight is 238 g/mol. The van der Waals surface area contributed by atoms with Crippen LogP contribution in [0.4, 0.5) is 0 Å². The first-order chi connectivity index (χ1) is 8.21. The van der Waals surface area contributed by atoms with Crippen molar-refractivity contribution in [2.45, 2.75) is 6.04 Å². The molecule has 0 bridgehead atoms. The first kappa shape index (κ1) is 13.5. The molecule has 1 rings (SSSR count). The number of benzene rings is 1. The maximum Gasteiger partial charge on any atom is 0.251 e. The van der Waals surface area contributed by atoms with Crippen molar-refractivity contribution in [2.24, 2.45) is 5.73 Å². The summed E-state index contributed by atoms with van der Waals surface area (Å²) in [7, 11) is 3.13. The largest absolute Gasteiger partial charge is 0.497 e. The van der Waals surface area contributed by atoms with Crippen LogP contribution in [0.3, 0.4) is 0 Å². The van der Waals surface area contributed by atoms with Gasteiger partial charge in [0.1, 0.15) is 5.75 Å². The van der Waals surface area contributed by atoms with Crippen molar-refractivity contribution in [3.63, 3.8) is 0 Å². The normalized spacial score (nSPS) is 11.9. The Hall–Kier alpha value is -1.59. The average Bonchev–Trinajstić information content (AvgIpc) is 2.38. The van der Waals surface area contributed by atoms with Crippen LogP contribution in [0.25, 0.3) is 0 Å². The van der Waals surface area contributed by atoms with E-state index in [-0.39, 0.29) is 11.9 Å². The minimum Gasteiger partial charge on any atom is -0.497 e. The van der Waals surface area contributed by atoms with Crippen LogP contribution < -0.4 is 15.8 Å². The summed E-state index contributed by atoms with van der Waals surface area (Å²) in [4.78, 5) is 11.9. The van der Waals surface area contributed by atoms with Gasteiger partial charge in [0.05, 0.1) is 19.8 Å². The summed E-state index contributed by atoms with van der Waals surface area (Å²) in [5.74, 6) is 0.463. The van der Waals surface area contributed by atoms with E-state index in [2.05, 4.69) is 5.32 Å². The molecule has 0 heterocycles. The summed E-state index contributed by atoms with van der Waals surface area (Å²) in [6.45, 7) is 0.732. The van der Waals surface area contributed by atoms with Gasteiger partial charge >= 0.3 is 0 Å². The predicted molar refractivity (Wildman–Crippen MR) is 65.2 cm³/mol. The third kappa shape index (κ3) is 4.05. The summed E-state index contributed by atoms with van der Waals surface area (Å²) < 4.78 is 10.0. The van der Waals surface area contributed by atoms with E-state index in [0.717, 1.165) is 0 Å². The van der Waals surface area contributed by atoms with E-state index in [0.29, 0.717) is 24.5 Å². The van der Waals surface area contributed by atoms with Crippen molar-refractivity contribution < 1.29 is 14.3 Å². The molecule has 3 N–H and O–H groups in total. The van der Waals surface area contributed by atoms with Crippen LogP contribution in [0.1, 0.15) is 10.4 Å². The van der Waals surface area contributed by atoms with Gasteiger partial charge in [0.2, 0.25) is 0 Å². The summed E-state index contributed by atoms with van der Waals surface area (Å²) in [6.07, 6.45) is 0. The van der Waals surface area contributed by atoms with Gasteiger partial charge in [-0.2, -0.15) is 0 Å². The van der Waals surface area contributed by atoms with Crippen LogP contribution in [0.5, 0.6) is 5.75 Å². The standard InChI is InChI=1S/C12H18N2O3/c1-16-8-10(7-13)14-12(15)9-4-3-5-11(6-9)17-2/h3-6,10H,7-8,13H2,1-2H3,(H,14,15). The molecule has 94 valence electrons. The van der Waals surface area contributed by atoms with Gasteiger partial charge in [-0.3, -0.25) is 4.79 Å². The van der Waals surface area contributed by atoms with Gasteiger partial charge in [0.15, 0.2) is 0 Å². The highest BCUT2D eigenvalue weighted by Gasteiger charge is 2.12. The Morgan fingerprint density at radius 3 is 2.82 bits per heavy atom. The van der Waals surface area contributed by atoms with E-state index in [4.69, 9.17) is 15.2 Å². The molecule has 0 spiro atoms. The Kier molecular flexibility index (Phi) is 5.45. The third-order valence-electron chi connectivity index (χ3n) is 2.32. The molecule has 0 aromatic heterocycles. The van der Waals surface area contributed by atoms with Gasteiger partial charge in [-0.25, -0.2) is 0 Å². The lowest BCUT2D eigenvalue weighted by molar-refractivity contribution is 0.0900. The van der Waals surface area contributed by atoms with Crippen LogP contribution >= 0.6 is 0 Å². The topological polar surface area (TPSA) is 73.6 Å². The number of methoxy groups -OCH3 is 2. The molecule has 1 aromatic rings. The molecule has 0 aliphatic rings. The van der Waals surface area contributed by atoms with Crippen molar-refractivity contribution >= 4 is 5.91 Å². The van der Waals surface area contributed by atoms with E-state index in [1.807, 2.05) is 0 Å². The minimum atomic E-state index is -0.184. The second kappa shape index (κ2) is 6.88. The third-order valence-corrected chi connectivity index (χ3v) is 2.32. The summed E-state index contributed by atoms with van der Waals surface area (Å²) in [6, 6.07) is 6.76. The number of carbonyl (C=O) groups excluding carboxylic acids is 1. The first-order valence-corrected chi connectivity index (χ1v) is 5.35. The molecule has 1 unspecified atom stereocenters. The van der Waals surface area contributed by atoms with E-state index >= 15 is 0 Å². The molecule has 1 aromatic carbocycles. The lowest BCUT2D eigenvalue weighted by Gasteiger charge is -2.15. The predicted octanol–water partition coefficient (Wildman–Crippen LogP) is 0.399. The van der Waals surface area contributed by atoms with Gasteiger partial charge in [-0.15, -0.1) is 0 Å². The Balaban J connectivity index is 2.68. The maximum atomic E-state index is 11.9. The molecule has 5 heteroatoms. The molecule has 17 heavy (non-hydrogen) atoms. The fourth-order valence-corrected chi connectivity index (χ4v) is 1.40. The Morgan fingerprint density at radius 2 is 2.24 bits per heavy atom. The van der Waals surface area contributed by atoms with Crippen LogP contribution in [-0.4, -0.2) is 39.3 Å². The molecule has 0 fully saturated rings. The number of rotatable bonds is 6. The van der Waals surface area contributed by atoms with E-state index in [1.165, 1.54) is 0 Å². The quantitative estimate of drug-likeness (QED) is 0.752. The van der Waals surface area contributed by atoms with Gasteiger partial charge < -0.3 is 20.5 Å². The Bertz CT molecular complexity index is 369. The number of carbonyl (C=O) groups is 1. The van der Waals surface area contributed by atoms with Gasteiger partial charge in [0.25, 0.3) is 5.91 Å². The van der Waals surface area contributed by atoms with Crippen molar-refractivity contribution in [3.8, 4) is 5.75 Å². The second-order valence-corrected chi connectivity index (χ2v) is 3.59. The molecule has 0 radical (unpaired) electrons. The number of amides is 1. The fraction of sp³-hybridized carbons (Fsp3) is 0.417.